The van der Waals surface area contributed by atoms with Crippen molar-refractivity contribution >= 4 is 6.29 Å². The zero-order valence-electron chi connectivity index (χ0n) is 15.9. The molecule has 0 N–H and O–H groups in total. The van der Waals surface area contributed by atoms with Crippen molar-refractivity contribution in [1.82, 2.24) is 9.97 Å². The van der Waals surface area contributed by atoms with Crippen molar-refractivity contribution in [3.05, 3.63) is 89.5 Å². The molecule has 0 bridgehead atoms. The van der Waals surface area contributed by atoms with Crippen LogP contribution in [0.25, 0.3) is 0 Å². The van der Waals surface area contributed by atoms with Crippen LogP contribution in [-0.2, 0) is 12.0 Å². The molecule has 0 aliphatic rings. The third-order valence-electron chi connectivity index (χ3n) is 5.18. The van der Waals surface area contributed by atoms with Gasteiger partial charge < -0.3 is 4.74 Å². The molecule has 0 saturated carbocycles. The van der Waals surface area contributed by atoms with E-state index >= 15 is 0 Å². The Morgan fingerprint density at radius 3 is 2.37 bits per heavy atom. The normalized spacial score (nSPS) is 13.2. The van der Waals surface area contributed by atoms with Gasteiger partial charge in [-0.05, 0) is 54.8 Å². The summed E-state index contributed by atoms with van der Waals surface area (Å²) in [6.07, 6.45) is 4.21. The molecule has 0 aliphatic heterocycles. The van der Waals surface area contributed by atoms with Crippen molar-refractivity contribution in [2.45, 2.75) is 32.8 Å². The van der Waals surface area contributed by atoms with E-state index in [1.54, 1.807) is 12.4 Å². The van der Waals surface area contributed by atoms with Gasteiger partial charge in [0.2, 0.25) is 0 Å². The van der Waals surface area contributed by atoms with Crippen LogP contribution in [0.15, 0.2) is 67.0 Å². The fraction of sp³-hybridized carbons (Fsp3) is 0.261. The maximum Gasteiger partial charge on any atom is 0.151 e. The Morgan fingerprint density at radius 2 is 1.81 bits per heavy atom. The average molecular weight is 360 g/mol. The lowest BCUT2D eigenvalue weighted by Crippen LogP contribution is -2.31. The van der Waals surface area contributed by atoms with E-state index in [0.717, 1.165) is 29.0 Å². The van der Waals surface area contributed by atoms with Crippen molar-refractivity contribution in [3.63, 3.8) is 0 Å². The number of benzene rings is 1. The molecule has 0 radical (unpaired) electrons. The van der Waals surface area contributed by atoms with E-state index in [-0.39, 0.29) is 5.41 Å². The van der Waals surface area contributed by atoms with Gasteiger partial charge in [0, 0.05) is 23.4 Å². The molecule has 4 heteroatoms. The number of aromatic nitrogens is 2. The quantitative estimate of drug-likeness (QED) is 0.566. The van der Waals surface area contributed by atoms with E-state index < -0.39 is 0 Å². The SMILES string of the molecule is CC(C)C(C)(c1ccc(OCc2ccccn2)cc1)c1ccc(C=O)cn1. The smallest absolute Gasteiger partial charge is 0.151 e. The maximum atomic E-state index is 10.9. The fourth-order valence-corrected chi connectivity index (χ4v) is 3.10. The lowest BCUT2D eigenvalue weighted by Gasteiger charge is -2.34. The van der Waals surface area contributed by atoms with Gasteiger partial charge in [-0.25, -0.2) is 0 Å². The zero-order chi connectivity index (χ0) is 19.3. The van der Waals surface area contributed by atoms with Crippen molar-refractivity contribution in [1.29, 1.82) is 0 Å². The topological polar surface area (TPSA) is 52.1 Å². The molecule has 0 aliphatic carbocycles. The summed E-state index contributed by atoms with van der Waals surface area (Å²) < 4.78 is 5.84. The number of nitrogens with zero attached hydrogens (tertiary/aromatic N) is 2. The van der Waals surface area contributed by atoms with Crippen LogP contribution in [0.4, 0.5) is 0 Å². The fourth-order valence-electron chi connectivity index (χ4n) is 3.10. The number of carbonyl (C=O) groups excluding carboxylic acids is 1. The minimum atomic E-state index is -0.263. The molecular formula is C23H24N2O2. The van der Waals surface area contributed by atoms with Crippen LogP contribution in [-0.4, -0.2) is 16.3 Å². The summed E-state index contributed by atoms with van der Waals surface area (Å²) in [5, 5.41) is 0. The highest BCUT2D eigenvalue weighted by atomic mass is 16.5. The number of rotatable bonds is 7. The highest BCUT2D eigenvalue weighted by molar-refractivity contribution is 5.74. The molecule has 1 aromatic carbocycles. The maximum absolute atomic E-state index is 10.9. The number of carbonyl (C=O) groups is 1. The first-order valence-corrected chi connectivity index (χ1v) is 9.09. The Hall–Kier alpha value is -3.01. The van der Waals surface area contributed by atoms with Crippen LogP contribution in [0.1, 0.15) is 48.1 Å². The second kappa shape index (κ2) is 8.12. The zero-order valence-corrected chi connectivity index (χ0v) is 15.9. The second-order valence-electron chi connectivity index (χ2n) is 7.09. The Bertz CT molecular complexity index is 875. The van der Waals surface area contributed by atoms with Gasteiger partial charge in [-0.15, -0.1) is 0 Å². The lowest BCUT2D eigenvalue weighted by atomic mass is 9.70. The molecule has 27 heavy (non-hydrogen) atoms. The monoisotopic (exact) mass is 360 g/mol. The number of aldehydes is 1. The van der Waals surface area contributed by atoms with Gasteiger partial charge in [-0.3, -0.25) is 14.8 Å². The summed E-state index contributed by atoms with van der Waals surface area (Å²) in [6, 6.07) is 17.7. The highest BCUT2D eigenvalue weighted by Gasteiger charge is 2.33. The van der Waals surface area contributed by atoms with E-state index in [1.807, 2.05) is 42.5 Å². The molecule has 0 saturated heterocycles. The Balaban J connectivity index is 1.82. The number of hydrogen-bond donors (Lipinski definition) is 0. The van der Waals surface area contributed by atoms with E-state index in [2.05, 4.69) is 42.9 Å². The Kier molecular flexibility index (Phi) is 5.65. The van der Waals surface area contributed by atoms with Crippen molar-refractivity contribution < 1.29 is 9.53 Å². The first-order valence-electron chi connectivity index (χ1n) is 9.09. The van der Waals surface area contributed by atoms with Crippen LogP contribution in [0.2, 0.25) is 0 Å². The molecular weight excluding hydrogens is 336 g/mol. The van der Waals surface area contributed by atoms with Crippen molar-refractivity contribution in [2.24, 2.45) is 5.92 Å². The molecule has 3 aromatic rings. The molecule has 4 nitrogen and oxygen atoms in total. The Labute approximate surface area is 160 Å². The average Bonchev–Trinajstić information content (AvgIpc) is 2.72. The van der Waals surface area contributed by atoms with Crippen LogP contribution in [0.5, 0.6) is 5.75 Å². The minimum Gasteiger partial charge on any atom is -0.487 e. The number of pyridine rings is 2. The molecule has 0 fully saturated rings. The summed E-state index contributed by atoms with van der Waals surface area (Å²) in [6.45, 7) is 6.99. The summed E-state index contributed by atoms with van der Waals surface area (Å²) in [7, 11) is 0. The molecule has 2 heterocycles. The van der Waals surface area contributed by atoms with Crippen LogP contribution >= 0.6 is 0 Å². The molecule has 1 atom stereocenters. The first-order chi connectivity index (χ1) is 13.0. The highest BCUT2D eigenvalue weighted by Crippen LogP contribution is 2.38. The molecule has 138 valence electrons. The molecule has 3 rings (SSSR count). The summed E-state index contributed by atoms with van der Waals surface area (Å²) >= 11 is 0. The molecule has 2 aromatic heterocycles. The van der Waals surface area contributed by atoms with Gasteiger partial charge in [0.15, 0.2) is 6.29 Å². The largest absolute Gasteiger partial charge is 0.487 e. The summed E-state index contributed by atoms with van der Waals surface area (Å²) in [5.41, 5.74) is 3.33. The number of hydrogen-bond acceptors (Lipinski definition) is 4. The third kappa shape index (κ3) is 4.05. The predicted molar refractivity (Wildman–Crippen MR) is 106 cm³/mol. The third-order valence-corrected chi connectivity index (χ3v) is 5.18. The van der Waals surface area contributed by atoms with Crippen LogP contribution in [0, 0.1) is 5.92 Å². The molecule has 0 spiro atoms. The van der Waals surface area contributed by atoms with Crippen LogP contribution in [0.3, 0.4) is 0 Å². The van der Waals surface area contributed by atoms with E-state index in [1.165, 1.54) is 0 Å². The second-order valence-corrected chi connectivity index (χ2v) is 7.09. The van der Waals surface area contributed by atoms with Crippen molar-refractivity contribution in [2.75, 3.05) is 0 Å². The van der Waals surface area contributed by atoms with Crippen molar-refractivity contribution in [3.8, 4) is 5.75 Å². The Morgan fingerprint density at radius 1 is 1.04 bits per heavy atom. The molecule has 0 amide bonds. The van der Waals surface area contributed by atoms with Gasteiger partial charge in [-0.1, -0.05) is 32.0 Å². The standard InChI is InChI=1S/C23H24N2O2/c1-17(2)23(3,22-12-7-18(15-26)14-25-22)19-8-10-21(11-9-19)27-16-20-6-4-5-13-24-20/h4-15,17H,16H2,1-3H3. The van der Waals surface area contributed by atoms with E-state index in [4.69, 9.17) is 4.74 Å². The van der Waals surface area contributed by atoms with Gasteiger partial charge in [-0.2, -0.15) is 0 Å². The molecule has 1 unspecified atom stereocenters. The number of ether oxygens (including phenoxy) is 1. The summed E-state index contributed by atoms with van der Waals surface area (Å²) in [5.74, 6) is 1.13. The van der Waals surface area contributed by atoms with Gasteiger partial charge >= 0.3 is 0 Å². The van der Waals surface area contributed by atoms with E-state index in [9.17, 15) is 4.79 Å². The van der Waals surface area contributed by atoms with Crippen LogP contribution < -0.4 is 4.74 Å². The predicted octanol–water partition coefficient (Wildman–Crippen LogP) is 4.83. The van der Waals surface area contributed by atoms with Gasteiger partial charge in [0.1, 0.15) is 12.4 Å². The minimum absolute atomic E-state index is 0.263. The van der Waals surface area contributed by atoms with E-state index in [0.29, 0.717) is 18.1 Å². The summed E-state index contributed by atoms with van der Waals surface area (Å²) in [4.78, 5) is 19.7. The lowest BCUT2D eigenvalue weighted by molar-refractivity contribution is 0.112. The first kappa shape index (κ1) is 18.8. The van der Waals surface area contributed by atoms with Gasteiger partial charge in [0.05, 0.1) is 11.4 Å². The van der Waals surface area contributed by atoms with Gasteiger partial charge in [0.25, 0.3) is 0 Å².